The summed E-state index contributed by atoms with van der Waals surface area (Å²) in [6.45, 7) is 4.28. The summed E-state index contributed by atoms with van der Waals surface area (Å²) in [4.78, 5) is 10.1. The van der Waals surface area contributed by atoms with Crippen LogP contribution in [0, 0.1) is 0 Å². The van der Waals surface area contributed by atoms with Gasteiger partial charge in [-0.15, -0.1) is 0 Å². The van der Waals surface area contributed by atoms with Crippen LogP contribution in [0.25, 0.3) is 0 Å². The zero-order chi connectivity index (χ0) is 14.3. The van der Waals surface area contributed by atoms with Crippen molar-refractivity contribution in [2.45, 2.75) is 19.4 Å². The Labute approximate surface area is 123 Å². The Morgan fingerprint density at radius 2 is 2.05 bits per heavy atom. The molecule has 0 unspecified atom stereocenters. The summed E-state index contributed by atoms with van der Waals surface area (Å²) in [5.41, 5.74) is 9.77. The molecule has 0 spiro atoms. The van der Waals surface area contributed by atoms with Gasteiger partial charge >= 0.3 is 0 Å². The van der Waals surface area contributed by atoms with E-state index in [4.69, 9.17) is 11.6 Å². The molecule has 0 amide bonds. The monoisotopic (exact) mass is 289 g/mol. The third-order valence-electron chi connectivity index (χ3n) is 3.53. The minimum Gasteiger partial charge on any atom is -0.329 e. The maximum atomic E-state index is 5.84. The Hall–Kier alpha value is -1.85. The fourth-order valence-electron chi connectivity index (χ4n) is 2.33. The highest BCUT2D eigenvalue weighted by atomic mass is 35.5. The average Bonchev–Trinajstić information content (AvgIpc) is 2.73. The molecule has 0 fully saturated rings. The van der Waals surface area contributed by atoms with E-state index in [9.17, 15) is 0 Å². The van der Waals surface area contributed by atoms with Crippen molar-refractivity contribution >= 4 is 28.8 Å². The zero-order valence-electron chi connectivity index (χ0n) is 11.6. The summed E-state index contributed by atoms with van der Waals surface area (Å²) < 4.78 is 0. The fourth-order valence-corrected chi connectivity index (χ4v) is 2.47. The molecule has 0 bridgehead atoms. The minimum atomic E-state index is -0.0648. The number of anilines is 3. The lowest BCUT2D eigenvalue weighted by Gasteiger charge is -2.20. The van der Waals surface area contributed by atoms with Gasteiger partial charge in [0.05, 0.1) is 11.2 Å². The van der Waals surface area contributed by atoms with Crippen molar-refractivity contribution in [1.82, 2.24) is 15.4 Å². The predicted octanol–water partition coefficient (Wildman–Crippen LogP) is 3.06. The van der Waals surface area contributed by atoms with E-state index in [1.54, 1.807) is 6.20 Å². The Morgan fingerprint density at radius 3 is 2.80 bits per heavy atom. The van der Waals surface area contributed by atoms with Crippen LogP contribution in [-0.2, 0) is 5.54 Å². The summed E-state index contributed by atoms with van der Waals surface area (Å²) in [5, 5.41) is 0.247. The maximum absolute atomic E-state index is 5.84. The quantitative estimate of drug-likeness (QED) is 0.832. The van der Waals surface area contributed by atoms with Gasteiger partial charge in [-0.2, -0.15) is 0 Å². The van der Waals surface area contributed by atoms with Crippen molar-refractivity contribution < 1.29 is 0 Å². The number of nitrogens with one attached hydrogen (secondary N) is 2. The molecule has 1 aromatic carbocycles. The van der Waals surface area contributed by atoms with E-state index in [1.165, 1.54) is 5.56 Å². The van der Waals surface area contributed by atoms with Gasteiger partial charge in [0.1, 0.15) is 5.82 Å². The molecule has 104 valence electrons. The van der Waals surface area contributed by atoms with Crippen molar-refractivity contribution in [2.24, 2.45) is 0 Å². The van der Waals surface area contributed by atoms with Crippen LogP contribution in [0.4, 0.5) is 17.2 Å². The van der Waals surface area contributed by atoms with Gasteiger partial charge in [0.25, 0.3) is 0 Å². The second kappa shape index (κ2) is 4.61. The molecule has 2 N–H and O–H groups in total. The van der Waals surface area contributed by atoms with Crippen LogP contribution in [0.3, 0.4) is 0 Å². The van der Waals surface area contributed by atoms with Crippen LogP contribution >= 0.6 is 11.6 Å². The third-order valence-corrected chi connectivity index (χ3v) is 3.71. The summed E-state index contributed by atoms with van der Waals surface area (Å²) in [5.74, 6) is 0.759. The molecule has 0 saturated carbocycles. The molecule has 0 saturated heterocycles. The van der Waals surface area contributed by atoms with Gasteiger partial charge < -0.3 is 10.3 Å². The highest BCUT2D eigenvalue weighted by Crippen LogP contribution is 2.36. The molecule has 0 aliphatic carbocycles. The minimum absolute atomic E-state index is 0.0648. The van der Waals surface area contributed by atoms with Crippen LogP contribution in [-0.4, -0.2) is 17.0 Å². The topological polar surface area (TPSA) is 53.1 Å². The van der Waals surface area contributed by atoms with Crippen molar-refractivity contribution in [2.75, 3.05) is 17.4 Å². The van der Waals surface area contributed by atoms with Gasteiger partial charge in [-0.05, 0) is 49.2 Å². The summed E-state index contributed by atoms with van der Waals surface area (Å²) in [7, 11) is 1.95. The molecule has 6 heteroatoms. The van der Waals surface area contributed by atoms with Crippen LogP contribution in [0.2, 0.25) is 5.28 Å². The molecule has 0 radical (unpaired) electrons. The first-order chi connectivity index (χ1) is 9.47. The first-order valence-corrected chi connectivity index (χ1v) is 6.75. The van der Waals surface area contributed by atoms with E-state index in [0.717, 1.165) is 17.2 Å². The number of rotatable bonds is 2. The molecule has 1 aliphatic rings. The highest BCUT2D eigenvalue weighted by Gasteiger charge is 2.29. The van der Waals surface area contributed by atoms with Gasteiger partial charge in [0, 0.05) is 18.9 Å². The Balaban J connectivity index is 1.96. The second-order valence-corrected chi connectivity index (χ2v) is 5.69. The van der Waals surface area contributed by atoms with Crippen molar-refractivity contribution in [3.63, 3.8) is 0 Å². The number of aromatic nitrogens is 2. The van der Waals surface area contributed by atoms with Crippen LogP contribution < -0.4 is 15.8 Å². The molecule has 20 heavy (non-hydrogen) atoms. The molecule has 0 atom stereocenters. The standard InChI is InChI=1S/C14H16ClN5/c1-14(2)10-5-4-9(8-11(10)18-19-14)20(3)12-6-7-16-13(15)17-12/h4-8,18-19H,1-3H3. The van der Waals surface area contributed by atoms with Crippen molar-refractivity contribution in [3.05, 3.63) is 41.3 Å². The predicted molar refractivity (Wildman–Crippen MR) is 81.3 cm³/mol. The molecule has 5 nitrogen and oxygen atoms in total. The Morgan fingerprint density at radius 1 is 1.25 bits per heavy atom. The summed E-state index contributed by atoms with van der Waals surface area (Å²) >= 11 is 5.84. The summed E-state index contributed by atoms with van der Waals surface area (Å²) in [6, 6.07) is 8.12. The van der Waals surface area contributed by atoms with Gasteiger partial charge in [-0.1, -0.05) is 6.07 Å². The smallest absolute Gasteiger partial charge is 0.224 e. The second-order valence-electron chi connectivity index (χ2n) is 5.35. The number of hydrogen-bond donors (Lipinski definition) is 2. The molecule has 1 aliphatic heterocycles. The Bertz CT molecular complexity index is 656. The molecular formula is C14H16ClN5. The van der Waals surface area contributed by atoms with Gasteiger partial charge in [0.15, 0.2) is 0 Å². The Kier molecular flexibility index (Phi) is 3.03. The lowest BCUT2D eigenvalue weighted by atomic mass is 9.95. The van der Waals surface area contributed by atoms with E-state index in [2.05, 4.69) is 52.9 Å². The number of hydrazine groups is 1. The van der Waals surface area contributed by atoms with E-state index in [0.29, 0.717) is 0 Å². The van der Waals surface area contributed by atoms with Gasteiger partial charge in [-0.3, -0.25) is 0 Å². The van der Waals surface area contributed by atoms with Crippen LogP contribution in [0.1, 0.15) is 19.4 Å². The normalized spacial score (nSPS) is 15.6. The SMILES string of the molecule is CN(c1ccc2c(c1)NNC2(C)C)c1ccnc(Cl)n1. The third kappa shape index (κ3) is 2.19. The van der Waals surface area contributed by atoms with E-state index < -0.39 is 0 Å². The first kappa shape index (κ1) is 13.1. The molecule has 1 aromatic heterocycles. The highest BCUT2D eigenvalue weighted by molar-refractivity contribution is 6.28. The van der Waals surface area contributed by atoms with Crippen LogP contribution in [0.5, 0.6) is 0 Å². The molecule has 3 rings (SSSR count). The molecule has 2 heterocycles. The first-order valence-electron chi connectivity index (χ1n) is 6.37. The number of nitrogens with zero attached hydrogens (tertiary/aromatic N) is 3. The van der Waals surface area contributed by atoms with E-state index in [1.807, 2.05) is 18.0 Å². The molecular weight excluding hydrogens is 274 g/mol. The van der Waals surface area contributed by atoms with Gasteiger partial charge in [-0.25, -0.2) is 15.4 Å². The van der Waals surface area contributed by atoms with Gasteiger partial charge in [0.2, 0.25) is 5.28 Å². The lowest BCUT2D eigenvalue weighted by molar-refractivity contribution is 0.471. The molecule has 2 aromatic rings. The number of fused-ring (bicyclic) bond motifs is 1. The zero-order valence-corrected chi connectivity index (χ0v) is 12.4. The number of benzene rings is 1. The summed E-state index contributed by atoms with van der Waals surface area (Å²) in [6.07, 6.45) is 1.65. The maximum Gasteiger partial charge on any atom is 0.224 e. The average molecular weight is 290 g/mol. The van der Waals surface area contributed by atoms with Crippen LogP contribution in [0.15, 0.2) is 30.5 Å². The number of halogens is 1. The van der Waals surface area contributed by atoms with E-state index >= 15 is 0 Å². The van der Waals surface area contributed by atoms with Crippen molar-refractivity contribution in [1.29, 1.82) is 0 Å². The lowest BCUT2D eigenvalue weighted by Crippen LogP contribution is -2.32. The number of hydrogen-bond acceptors (Lipinski definition) is 5. The van der Waals surface area contributed by atoms with E-state index in [-0.39, 0.29) is 10.8 Å². The van der Waals surface area contributed by atoms with Crippen molar-refractivity contribution in [3.8, 4) is 0 Å². The largest absolute Gasteiger partial charge is 0.329 e. The fraction of sp³-hybridized carbons (Fsp3) is 0.286.